The number of carbonyl (C=O) groups is 1. The number of rotatable bonds is 3. The van der Waals surface area contributed by atoms with Crippen LogP contribution < -0.4 is 15.5 Å². The molecule has 0 aromatic heterocycles. The topological polar surface area (TPSA) is 102 Å². The van der Waals surface area contributed by atoms with Crippen molar-refractivity contribution in [1.29, 1.82) is 0 Å². The van der Waals surface area contributed by atoms with Crippen molar-refractivity contribution in [3.05, 3.63) is 52.5 Å². The molecule has 2 aromatic carbocycles. The minimum absolute atomic E-state index is 0.00447. The lowest BCUT2D eigenvalue weighted by molar-refractivity contribution is -0.0269. The summed E-state index contributed by atoms with van der Waals surface area (Å²) in [5, 5.41) is 17.0. The number of amides is 1. The molecule has 2 aromatic rings. The number of nitrogens with one attached hydrogen (secondary N) is 2. The number of aliphatic hydroxyl groups is 1. The van der Waals surface area contributed by atoms with Gasteiger partial charge in [-0.1, -0.05) is 34.5 Å². The van der Waals surface area contributed by atoms with Crippen LogP contribution in [0.3, 0.4) is 0 Å². The SMILES string of the molecule is O=C1NC2(CN(c3cc(Br)ccc3S(=O)(=O)N3CC4CCCC(C3)C4O)C2)Nc2ccccc21. The number of sulfonamides is 1. The van der Waals surface area contributed by atoms with Crippen LogP contribution in [0.1, 0.15) is 29.6 Å². The highest BCUT2D eigenvalue weighted by Gasteiger charge is 2.49. The van der Waals surface area contributed by atoms with E-state index in [-0.39, 0.29) is 22.6 Å². The fourth-order valence-corrected chi connectivity index (χ4v) is 8.05. The van der Waals surface area contributed by atoms with E-state index in [9.17, 15) is 18.3 Å². The first-order valence-electron chi connectivity index (χ1n) is 11.7. The maximum Gasteiger partial charge on any atom is 0.255 e. The van der Waals surface area contributed by atoms with Crippen LogP contribution in [0, 0.1) is 11.8 Å². The molecule has 1 saturated carbocycles. The first kappa shape index (κ1) is 22.3. The molecule has 4 aliphatic rings. The number of aliphatic hydroxyl groups excluding tert-OH is 1. The second kappa shape index (κ2) is 7.94. The Morgan fingerprint density at radius 1 is 1.03 bits per heavy atom. The average Bonchev–Trinajstić information content (AvgIpc) is 2.77. The van der Waals surface area contributed by atoms with Gasteiger partial charge in [0.2, 0.25) is 10.0 Å². The maximum absolute atomic E-state index is 13.8. The summed E-state index contributed by atoms with van der Waals surface area (Å²) in [6.07, 6.45) is 2.35. The van der Waals surface area contributed by atoms with E-state index in [0.717, 1.165) is 29.4 Å². The Morgan fingerprint density at radius 3 is 2.47 bits per heavy atom. The largest absolute Gasteiger partial charge is 0.392 e. The lowest BCUT2D eigenvalue weighted by Gasteiger charge is -2.54. The number of fused-ring (bicyclic) bond motifs is 3. The normalized spacial score (nSPS) is 28.0. The molecule has 3 fully saturated rings. The second-order valence-electron chi connectivity index (χ2n) is 9.94. The van der Waals surface area contributed by atoms with E-state index < -0.39 is 21.8 Å². The van der Waals surface area contributed by atoms with Crippen molar-refractivity contribution in [3.63, 3.8) is 0 Å². The highest BCUT2D eigenvalue weighted by molar-refractivity contribution is 9.10. The zero-order valence-corrected chi connectivity index (χ0v) is 21.0. The van der Waals surface area contributed by atoms with Gasteiger partial charge in [-0.3, -0.25) is 4.79 Å². The molecule has 3 N–H and O–H groups in total. The molecule has 0 radical (unpaired) electrons. The molecule has 2 saturated heterocycles. The first-order chi connectivity index (χ1) is 16.3. The molecular formula is C24H27BrN4O4S. The number of para-hydroxylation sites is 1. The van der Waals surface area contributed by atoms with Gasteiger partial charge >= 0.3 is 0 Å². The minimum Gasteiger partial charge on any atom is -0.392 e. The van der Waals surface area contributed by atoms with Crippen LogP contribution in [-0.4, -0.2) is 61.7 Å². The van der Waals surface area contributed by atoms with Crippen molar-refractivity contribution in [3.8, 4) is 0 Å². The molecule has 2 unspecified atom stereocenters. The third-order valence-corrected chi connectivity index (χ3v) is 10.1. The molecule has 2 atom stereocenters. The van der Waals surface area contributed by atoms with Gasteiger partial charge < -0.3 is 20.6 Å². The predicted octanol–water partition coefficient (Wildman–Crippen LogP) is 2.60. The summed E-state index contributed by atoms with van der Waals surface area (Å²) >= 11 is 3.49. The molecule has 34 heavy (non-hydrogen) atoms. The molecule has 1 spiro atoms. The van der Waals surface area contributed by atoms with Gasteiger partial charge in [0.1, 0.15) is 10.6 Å². The third kappa shape index (κ3) is 3.54. The quantitative estimate of drug-likeness (QED) is 0.547. The third-order valence-electron chi connectivity index (χ3n) is 7.69. The van der Waals surface area contributed by atoms with Gasteiger partial charge in [0, 0.05) is 23.2 Å². The van der Waals surface area contributed by atoms with Crippen molar-refractivity contribution >= 4 is 43.2 Å². The zero-order valence-electron chi connectivity index (χ0n) is 18.6. The summed E-state index contributed by atoms with van der Waals surface area (Å²) in [4.78, 5) is 14.9. The van der Waals surface area contributed by atoms with Gasteiger partial charge in [-0.15, -0.1) is 0 Å². The van der Waals surface area contributed by atoms with Gasteiger partial charge in [-0.05, 0) is 55.0 Å². The van der Waals surface area contributed by atoms with Gasteiger partial charge in [0.05, 0.1) is 30.4 Å². The summed E-state index contributed by atoms with van der Waals surface area (Å²) < 4.78 is 30.0. The van der Waals surface area contributed by atoms with E-state index in [1.807, 2.05) is 29.2 Å². The Hall–Kier alpha value is -2.14. The van der Waals surface area contributed by atoms with Crippen molar-refractivity contribution in [2.45, 2.75) is 35.9 Å². The van der Waals surface area contributed by atoms with Crippen molar-refractivity contribution in [1.82, 2.24) is 9.62 Å². The number of carbonyl (C=O) groups excluding carboxylic acids is 1. The van der Waals surface area contributed by atoms with Crippen LogP contribution in [0.5, 0.6) is 0 Å². The number of benzene rings is 2. The molecule has 2 bridgehead atoms. The molecule has 180 valence electrons. The van der Waals surface area contributed by atoms with Crippen LogP contribution in [0.25, 0.3) is 0 Å². The maximum atomic E-state index is 13.8. The fourth-order valence-electron chi connectivity index (χ4n) is 5.95. The lowest BCUT2D eigenvalue weighted by Crippen LogP contribution is -2.76. The van der Waals surface area contributed by atoms with Crippen molar-refractivity contribution in [2.75, 3.05) is 36.4 Å². The Kier molecular flexibility index (Phi) is 5.22. The summed E-state index contributed by atoms with van der Waals surface area (Å²) in [5.74, 6) is -0.139. The van der Waals surface area contributed by atoms with Gasteiger partial charge in [-0.2, -0.15) is 4.31 Å². The summed E-state index contributed by atoms with van der Waals surface area (Å²) in [7, 11) is -3.75. The van der Waals surface area contributed by atoms with E-state index >= 15 is 0 Å². The second-order valence-corrected chi connectivity index (χ2v) is 12.8. The molecule has 3 heterocycles. The Balaban J connectivity index is 1.28. The summed E-state index contributed by atoms with van der Waals surface area (Å²) in [6.45, 7) is 1.59. The molecule has 1 aliphatic carbocycles. The molecule has 6 rings (SSSR count). The molecular weight excluding hydrogens is 520 g/mol. The van der Waals surface area contributed by atoms with E-state index in [4.69, 9.17) is 0 Å². The number of hydrogen-bond donors (Lipinski definition) is 3. The van der Waals surface area contributed by atoms with Crippen molar-refractivity contribution < 1.29 is 18.3 Å². The Morgan fingerprint density at radius 2 is 1.74 bits per heavy atom. The van der Waals surface area contributed by atoms with Crippen molar-refractivity contribution in [2.24, 2.45) is 11.8 Å². The Bertz CT molecular complexity index is 1250. The van der Waals surface area contributed by atoms with E-state index in [2.05, 4.69) is 26.6 Å². The number of piperidine rings is 1. The minimum atomic E-state index is -3.75. The standard InChI is InChI=1S/C24H27BrN4O4S/c25-17-8-9-21(34(32,33)29-11-15-4-3-5-16(12-29)22(15)30)20(10-17)28-13-24(14-28)26-19-7-2-1-6-18(19)23(31)27-24/h1-2,6-10,15-16,22,26,30H,3-5,11-14H2,(H,27,31). The molecule has 3 aliphatic heterocycles. The number of halogens is 1. The predicted molar refractivity (Wildman–Crippen MR) is 132 cm³/mol. The lowest BCUT2D eigenvalue weighted by atomic mass is 9.76. The van der Waals surface area contributed by atoms with Gasteiger partial charge in [0.15, 0.2) is 0 Å². The van der Waals surface area contributed by atoms with E-state index in [1.54, 1.807) is 22.5 Å². The van der Waals surface area contributed by atoms with Gasteiger partial charge in [0.25, 0.3) is 5.91 Å². The van der Waals surface area contributed by atoms with Gasteiger partial charge in [-0.25, -0.2) is 8.42 Å². The highest BCUT2D eigenvalue weighted by Crippen LogP contribution is 2.41. The molecule has 8 nitrogen and oxygen atoms in total. The summed E-state index contributed by atoms with van der Waals surface area (Å²) in [5.41, 5.74) is 1.37. The molecule has 1 amide bonds. The fraction of sp³-hybridized carbons (Fsp3) is 0.458. The smallest absolute Gasteiger partial charge is 0.255 e. The zero-order chi connectivity index (χ0) is 23.7. The Labute approximate surface area is 207 Å². The van der Waals surface area contributed by atoms with Crippen LogP contribution in [-0.2, 0) is 10.0 Å². The van der Waals surface area contributed by atoms with E-state index in [0.29, 0.717) is 37.4 Å². The first-order valence-corrected chi connectivity index (χ1v) is 13.9. The van der Waals surface area contributed by atoms with E-state index in [1.165, 1.54) is 0 Å². The monoisotopic (exact) mass is 546 g/mol. The highest BCUT2D eigenvalue weighted by atomic mass is 79.9. The van der Waals surface area contributed by atoms with Crippen LogP contribution in [0.15, 0.2) is 51.8 Å². The number of nitrogens with zero attached hydrogens (tertiary/aromatic N) is 2. The number of hydrogen-bond acceptors (Lipinski definition) is 6. The summed E-state index contributed by atoms with van der Waals surface area (Å²) in [6, 6.07) is 12.6. The average molecular weight is 547 g/mol. The molecule has 10 heteroatoms. The van der Waals surface area contributed by atoms with Crippen LogP contribution in [0.4, 0.5) is 11.4 Å². The van der Waals surface area contributed by atoms with Crippen LogP contribution >= 0.6 is 15.9 Å². The van der Waals surface area contributed by atoms with Crippen LogP contribution in [0.2, 0.25) is 0 Å². The number of anilines is 2.